The molecule has 2 aromatic heterocycles. The molecule has 0 saturated carbocycles. The van der Waals surface area contributed by atoms with Crippen molar-refractivity contribution in [3.05, 3.63) is 45.7 Å². The number of sulfonamides is 1. The Bertz CT molecular complexity index is 977. The average molecular weight is 322 g/mol. The number of fused-ring (bicyclic) bond motifs is 1. The van der Waals surface area contributed by atoms with Crippen LogP contribution in [0.4, 0.5) is 0 Å². The molecular formula is C13H14N4O4S. The summed E-state index contributed by atoms with van der Waals surface area (Å²) in [7, 11) is -3.71. The molecule has 0 radical (unpaired) electrons. The van der Waals surface area contributed by atoms with Gasteiger partial charge in [0.15, 0.2) is 5.76 Å². The van der Waals surface area contributed by atoms with E-state index in [1.807, 2.05) is 0 Å². The van der Waals surface area contributed by atoms with Gasteiger partial charge in [0.25, 0.3) is 0 Å². The Morgan fingerprint density at radius 3 is 2.64 bits per heavy atom. The number of hydrogen-bond donors (Lipinski definition) is 3. The summed E-state index contributed by atoms with van der Waals surface area (Å²) in [5.74, 6) is 0.246. The summed E-state index contributed by atoms with van der Waals surface area (Å²) in [6, 6.07) is 5.16. The normalized spacial score (nSPS) is 12.1. The second kappa shape index (κ2) is 5.11. The molecule has 0 bridgehead atoms. The molecule has 116 valence electrons. The number of aromatic nitrogens is 3. The van der Waals surface area contributed by atoms with Crippen LogP contribution in [0.3, 0.4) is 0 Å². The largest absolute Gasteiger partial charge is 0.360 e. The van der Waals surface area contributed by atoms with Gasteiger partial charge in [0, 0.05) is 6.54 Å². The first-order valence-electron chi connectivity index (χ1n) is 6.50. The van der Waals surface area contributed by atoms with E-state index in [1.54, 1.807) is 32.0 Å². The summed E-state index contributed by atoms with van der Waals surface area (Å²) < 4.78 is 32.0. The van der Waals surface area contributed by atoms with Crippen LogP contribution < -0.4 is 10.4 Å². The Labute approximate surface area is 125 Å². The van der Waals surface area contributed by atoms with Crippen LogP contribution in [0.15, 0.2) is 32.4 Å². The molecule has 8 nitrogen and oxygen atoms in total. The summed E-state index contributed by atoms with van der Waals surface area (Å²) in [5.41, 5.74) is 2.03. The zero-order chi connectivity index (χ0) is 15.9. The Balaban J connectivity index is 1.85. The monoisotopic (exact) mass is 322 g/mol. The maximum atomic E-state index is 12.3. The van der Waals surface area contributed by atoms with E-state index in [0.717, 1.165) is 5.56 Å². The minimum Gasteiger partial charge on any atom is -0.360 e. The van der Waals surface area contributed by atoms with Gasteiger partial charge < -0.3 is 14.5 Å². The van der Waals surface area contributed by atoms with Gasteiger partial charge in [-0.15, -0.1) is 0 Å². The first kappa shape index (κ1) is 14.5. The van der Waals surface area contributed by atoms with Crippen LogP contribution in [0.5, 0.6) is 0 Å². The van der Waals surface area contributed by atoms with E-state index in [0.29, 0.717) is 16.7 Å². The molecule has 0 aliphatic carbocycles. The van der Waals surface area contributed by atoms with Crippen LogP contribution in [0, 0.1) is 13.8 Å². The molecule has 22 heavy (non-hydrogen) atoms. The Morgan fingerprint density at radius 1 is 1.23 bits per heavy atom. The number of aromatic amines is 2. The van der Waals surface area contributed by atoms with E-state index in [9.17, 15) is 13.2 Å². The summed E-state index contributed by atoms with van der Waals surface area (Å²) in [6.45, 7) is 3.21. The van der Waals surface area contributed by atoms with Gasteiger partial charge in [-0.05, 0) is 31.5 Å². The standard InChI is InChI=1S/C13H14N4O4S/c1-7-12(8(2)21-17-7)22(19,20)14-6-9-3-4-10-11(5-9)16-13(18)15-10/h3-5,14H,6H2,1-2H3,(H2,15,16,18). The molecule has 0 fully saturated rings. The van der Waals surface area contributed by atoms with Crippen LogP contribution in [0.25, 0.3) is 11.0 Å². The van der Waals surface area contributed by atoms with Crippen molar-refractivity contribution in [1.82, 2.24) is 19.8 Å². The Morgan fingerprint density at radius 2 is 1.95 bits per heavy atom. The highest BCUT2D eigenvalue weighted by Crippen LogP contribution is 2.19. The van der Waals surface area contributed by atoms with Crippen LogP contribution in [0.2, 0.25) is 0 Å². The maximum absolute atomic E-state index is 12.3. The molecule has 0 spiro atoms. The number of rotatable bonds is 4. The third kappa shape index (κ3) is 2.55. The molecule has 3 aromatic rings. The van der Waals surface area contributed by atoms with E-state index in [-0.39, 0.29) is 22.9 Å². The van der Waals surface area contributed by atoms with Crippen LogP contribution in [-0.2, 0) is 16.6 Å². The zero-order valence-electron chi connectivity index (χ0n) is 11.9. The summed E-state index contributed by atoms with van der Waals surface area (Å²) in [5, 5.41) is 3.64. The third-order valence-electron chi connectivity index (χ3n) is 3.28. The quantitative estimate of drug-likeness (QED) is 0.660. The van der Waals surface area contributed by atoms with E-state index in [1.165, 1.54) is 0 Å². The molecule has 3 N–H and O–H groups in total. The lowest BCUT2D eigenvalue weighted by Crippen LogP contribution is -2.24. The van der Waals surface area contributed by atoms with Gasteiger partial charge in [0.2, 0.25) is 10.0 Å². The predicted octanol–water partition coefficient (Wildman–Crippen LogP) is 0.940. The highest BCUT2D eigenvalue weighted by Gasteiger charge is 2.23. The molecule has 0 amide bonds. The molecule has 1 aromatic carbocycles. The molecule has 0 unspecified atom stereocenters. The van der Waals surface area contributed by atoms with Gasteiger partial charge >= 0.3 is 5.69 Å². The molecule has 2 heterocycles. The highest BCUT2D eigenvalue weighted by molar-refractivity contribution is 7.89. The van der Waals surface area contributed by atoms with Gasteiger partial charge in [-0.25, -0.2) is 17.9 Å². The molecule has 0 saturated heterocycles. The second-order valence-electron chi connectivity index (χ2n) is 4.94. The first-order chi connectivity index (χ1) is 10.4. The third-order valence-corrected chi connectivity index (χ3v) is 4.93. The summed E-state index contributed by atoms with van der Waals surface area (Å²) >= 11 is 0. The molecule has 9 heteroatoms. The number of H-pyrrole nitrogens is 2. The van der Waals surface area contributed by atoms with Crippen molar-refractivity contribution in [3.8, 4) is 0 Å². The van der Waals surface area contributed by atoms with Crippen molar-refractivity contribution in [1.29, 1.82) is 0 Å². The van der Waals surface area contributed by atoms with Gasteiger partial charge in [0.1, 0.15) is 10.6 Å². The topological polar surface area (TPSA) is 121 Å². The Kier molecular flexibility index (Phi) is 3.38. The van der Waals surface area contributed by atoms with E-state index in [2.05, 4.69) is 19.8 Å². The number of hydrogen-bond acceptors (Lipinski definition) is 5. The number of benzene rings is 1. The number of nitrogens with zero attached hydrogens (tertiary/aromatic N) is 1. The average Bonchev–Trinajstić information content (AvgIpc) is 2.98. The lowest BCUT2D eigenvalue weighted by atomic mass is 10.2. The van der Waals surface area contributed by atoms with Crippen molar-refractivity contribution in [3.63, 3.8) is 0 Å². The molecule has 0 atom stereocenters. The lowest BCUT2D eigenvalue weighted by molar-refractivity contribution is 0.390. The van der Waals surface area contributed by atoms with Crippen molar-refractivity contribution in [2.45, 2.75) is 25.3 Å². The van der Waals surface area contributed by atoms with Gasteiger partial charge in [-0.3, -0.25) is 0 Å². The van der Waals surface area contributed by atoms with Crippen molar-refractivity contribution < 1.29 is 12.9 Å². The number of nitrogens with one attached hydrogen (secondary N) is 3. The van der Waals surface area contributed by atoms with Crippen molar-refractivity contribution in [2.24, 2.45) is 0 Å². The van der Waals surface area contributed by atoms with E-state index < -0.39 is 10.0 Å². The lowest BCUT2D eigenvalue weighted by Gasteiger charge is -2.06. The zero-order valence-corrected chi connectivity index (χ0v) is 12.7. The fourth-order valence-electron chi connectivity index (χ4n) is 2.30. The van der Waals surface area contributed by atoms with Crippen LogP contribution >= 0.6 is 0 Å². The van der Waals surface area contributed by atoms with Gasteiger partial charge in [0.05, 0.1) is 11.0 Å². The predicted molar refractivity (Wildman–Crippen MR) is 78.9 cm³/mol. The van der Waals surface area contributed by atoms with Crippen molar-refractivity contribution in [2.75, 3.05) is 0 Å². The SMILES string of the molecule is Cc1noc(C)c1S(=O)(=O)NCc1ccc2[nH]c(=O)[nH]c2c1. The second-order valence-corrected chi connectivity index (χ2v) is 6.64. The fourth-order valence-corrected chi connectivity index (χ4v) is 3.64. The molecular weight excluding hydrogens is 308 g/mol. The van der Waals surface area contributed by atoms with E-state index in [4.69, 9.17) is 4.52 Å². The number of imidazole rings is 1. The minimum atomic E-state index is -3.71. The fraction of sp³-hybridized carbons (Fsp3) is 0.231. The van der Waals surface area contributed by atoms with E-state index >= 15 is 0 Å². The van der Waals surface area contributed by atoms with Crippen molar-refractivity contribution >= 4 is 21.1 Å². The molecule has 3 rings (SSSR count). The smallest absolute Gasteiger partial charge is 0.323 e. The summed E-state index contributed by atoms with van der Waals surface area (Å²) in [6.07, 6.45) is 0. The van der Waals surface area contributed by atoms with Gasteiger partial charge in [-0.2, -0.15) is 0 Å². The first-order valence-corrected chi connectivity index (χ1v) is 7.98. The minimum absolute atomic E-state index is 0.0589. The van der Waals surface area contributed by atoms with Gasteiger partial charge in [-0.1, -0.05) is 11.2 Å². The van der Waals surface area contributed by atoms with Crippen LogP contribution in [0.1, 0.15) is 17.0 Å². The molecule has 0 aliphatic rings. The molecule has 0 aliphatic heterocycles. The highest BCUT2D eigenvalue weighted by atomic mass is 32.2. The summed E-state index contributed by atoms with van der Waals surface area (Å²) in [4.78, 5) is 16.5. The van der Waals surface area contributed by atoms with Crippen LogP contribution in [-0.4, -0.2) is 23.5 Å². The maximum Gasteiger partial charge on any atom is 0.323 e. The number of aryl methyl sites for hydroxylation is 2. The Hall–Kier alpha value is -2.39.